The van der Waals surface area contributed by atoms with Gasteiger partial charge in [-0.25, -0.2) is 4.68 Å². The molecule has 6 rings (SSSR count). The molecule has 4 aromatic rings. The van der Waals surface area contributed by atoms with Crippen LogP contribution in [0.1, 0.15) is 34.4 Å². The molecule has 6 nitrogen and oxygen atoms in total. The highest BCUT2D eigenvalue weighted by molar-refractivity contribution is 5.85. The van der Waals surface area contributed by atoms with Gasteiger partial charge in [0.25, 0.3) is 0 Å². The van der Waals surface area contributed by atoms with E-state index in [2.05, 4.69) is 57.6 Å². The van der Waals surface area contributed by atoms with Gasteiger partial charge in [0.05, 0.1) is 5.70 Å². The molecule has 2 aliphatic rings. The predicted octanol–water partition coefficient (Wildman–Crippen LogP) is 4.54. The largest absolute Gasteiger partial charge is 0.480 e. The molecule has 6 heteroatoms. The van der Waals surface area contributed by atoms with E-state index < -0.39 is 0 Å². The molecule has 30 heavy (non-hydrogen) atoms. The number of nitrogens with zero attached hydrogens (tertiary/aromatic N) is 4. The molecule has 0 bridgehead atoms. The van der Waals surface area contributed by atoms with Gasteiger partial charge in [-0.2, -0.15) is 10.1 Å². The Labute approximate surface area is 173 Å². The Morgan fingerprint density at radius 1 is 1.00 bits per heavy atom. The first-order chi connectivity index (χ1) is 14.8. The molecule has 4 heterocycles. The molecule has 0 fully saturated rings. The van der Waals surface area contributed by atoms with Gasteiger partial charge in [-0.1, -0.05) is 48.0 Å². The van der Waals surface area contributed by atoms with Gasteiger partial charge in [-0.15, -0.1) is 0 Å². The molecule has 2 atom stereocenters. The predicted molar refractivity (Wildman–Crippen MR) is 114 cm³/mol. The molecule has 0 radical (unpaired) electrons. The highest BCUT2D eigenvalue weighted by Crippen LogP contribution is 2.50. The minimum Gasteiger partial charge on any atom is -0.480 e. The third-order valence-electron chi connectivity index (χ3n) is 5.67. The second kappa shape index (κ2) is 6.56. The molecule has 146 valence electrons. The lowest BCUT2D eigenvalue weighted by Gasteiger charge is -2.39. The first-order valence-corrected chi connectivity index (χ1v) is 9.93. The molecular formula is C24H19N5O. The maximum Gasteiger partial charge on any atom is 0.226 e. The van der Waals surface area contributed by atoms with Crippen LogP contribution in [0.3, 0.4) is 0 Å². The first kappa shape index (κ1) is 17.0. The summed E-state index contributed by atoms with van der Waals surface area (Å²) in [6.45, 7) is 2.09. The van der Waals surface area contributed by atoms with Crippen molar-refractivity contribution in [2.24, 2.45) is 0 Å². The number of ether oxygens (including phenoxy) is 1. The van der Waals surface area contributed by atoms with E-state index in [4.69, 9.17) is 4.74 Å². The van der Waals surface area contributed by atoms with Crippen LogP contribution >= 0.6 is 0 Å². The first-order valence-electron chi connectivity index (χ1n) is 9.93. The highest BCUT2D eigenvalue weighted by atomic mass is 16.5. The fourth-order valence-corrected chi connectivity index (χ4v) is 4.34. The number of aromatic nitrogens is 4. The molecule has 0 amide bonds. The van der Waals surface area contributed by atoms with E-state index in [0.29, 0.717) is 5.95 Å². The zero-order valence-electron chi connectivity index (χ0n) is 16.4. The lowest BCUT2D eigenvalue weighted by Crippen LogP contribution is -2.32. The maximum absolute atomic E-state index is 6.61. The minimum atomic E-state index is -0.258. The number of rotatable bonds is 2. The molecule has 0 saturated heterocycles. The molecule has 1 N–H and O–H groups in total. The van der Waals surface area contributed by atoms with E-state index in [0.717, 1.165) is 33.7 Å². The lowest BCUT2D eigenvalue weighted by molar-refractivity contribution is 0.223. The van der Waals surface area contributed by atoms with Gasteiger partial charge in [0, 0.05) is 23.5 Å². The summed E-state index contributed by atoms with van der Waals surface area (Å²) in [7, 11) is 0. The number of fused-ring (bicyclic) bond motifs is 3. The smallest absolute Gasteiger partial charge is 0.226 e. The second-order valence-corrected chi connectivity index (χ2v) is 7.58. The Balaban J connectivity index is 1.65. The normalized spacial score (nSPS) is 19.2. The van der Waals surface area contributed by atoms with Crippen molar-refractivity contribution in [1.29, 1.82) is 0 Å². The summed E-state index contributed by atoms with van der Waals surface area (Å²) in [6, 6.07) is 20.4. The Hall–Kier alpha value is -3.93. The average Bonchev–Trinajstić information content (AvgIpc) is 3.27. The third kappa shape index (κ3) is 2.54. The summed E-state index contributed by atoms with van der Waals surface area (Å²) in [5, 5.41) is 8.06. The van der Waals surface area contributed by atoms with Gasteiger partial charge < -0.3 is 10.1 Å². The van der Waals surface area contributed by atoms with Crippen LogP contribution in [0.5, 0.6) is 5.75 Å². The summed E-state index contributed by atoms with van der Waals surface area (Å²) < 4.78 is 8.52. The van der Waals surface area contributed by atoms with E-state index in [-0.39, 0.29) is 12.1 Å². The van der Waals surface area contributed by atoms with Crippen molar-refractivity contribution in [3.05, 3.63) is 107 Å². The van der Waals surface area contributed by atoms with Gasteiger partial charge in [-0.3, -0.25) is 4.98 Å². The monoisotopic (exact) mass is 393 g/mol. The summed E-state index contributed by atoms with van der Waals surface area (Å²) in [6.07, 6.45) is 5.00. The molecular weight excluding hydrogens is 374 g/mol. The molecule has 0 saturated carbocycles. The molecule has 0 spiro atoms. The SMILES string of the molecule is Cc1ccc2c(c1)C1=C([C@H](c3ccccc3)O2)[C@@H](c2cccnc2)n2ncnc2N1. The zero-order valence-corrected chi connectivity index (χ0v) is 16.4. The van der Waals surface area contributed by atoms with Gasteiger partial charge in [0.1, 0.15) is 24.2 Å². The van der Waals surface area contributed by atoms with Crippen LogP contribution in [0.4, 0.5) is 5.95 Å². The van der Waals surface area contributed by atoms with Gasteiger partial charge in [0.2, 0.25) is 5.95 Å². The number of benzene rings is 2. The van der Waals surface area contributed by atoms with Gasteiger partial charge in [0.15, 0.2) is 0 Å². The fourth-order valence-electron chi connectivity index (χ4n) is 4.34. The van der Waals surface area contributed by atoms with E-state index in [1.807, 2.05) is 41.2 Å². The van der Waals surface area contributed by atoms with E-state index in [1.165, 1.54) is 5.56 Å². The lowest BCUT2D eigenvalue weighted by atomic mass is 9.85. The zero-order chi connectivity index (χ0) is 20.1. The molecule has 2 aromatic carbocycles. The van der Waals surface area contributed by atoms with Crippen LogP contribution < -0.4 is 10.1 Å². The van der Waals surface area contributed by atoms with Crippen molar-refractivity contribution in [2.75, 3.05) is 5.32 Å². The van der Waals surface area contributed by atoms with E-state index in [1.54, 1.807) is 12.5 Å². The molecule has 2 aliphatic heterocycles. The molecule has 0 aliphatic carbocycles. The van der Waals surface area contributed by atoms with Crippen LogP contribution in [0.15, 0.2) is 85.0 Å². The second-order valence-electron chi connectivity index (χ2n) is 7.58. The number of nitrogens with one attached hydrogen (secondary N) is 1. The summed E-state index contributed by atoms with van der Waals surface area (Å²) in [4.78, 5) is 8.83. The van der Waals surface area contributed by atoms with Crippen molar-refractivity contribution >= 4 is 11.6 Å². The molecule has 0 unspecified atom stereocenters. The Morgan fingerprint density at radius 2 is 1.87 bits per heavy atom. The topological polar surface area (TPSA) is 64.9 Å². The van der Waals surface area contributed by atoms with Crippen molar-refractivity contribution < 1.29 is 4.74 Å². The summed E-state index contributed by atoms with van der Waals surface area (Å²) in [5.74, 6) is 1.57. The maximum atomic E-state index is 6.61. The number of aryl methyl sites for hydroxylation is 1. The van der Waals surface area contributed by atoms with Crippen LogP contribution in [0.2, 0.25) is 0 Å². The van der Waals surface area contributed by atoms with E-state index in [9.17, 15) is 0 Å². The number of hydrogen-bond acceptors (Lipinski definition) is 5. The quantitative estimate of drug-likeness (QED) is 0.542. The minimum absolute atomic E-state index is 0.175. The summed E-state index contributed by atoms with van der Waals surface area (Å²) >= 11 is 0. The van der Waals surface area contributed by atoms with Crippen molar-refractivity contribution in [2.45, 2.75) is 19.1 Å². The fraction of sp³-hybridized carbons (Fsp3) is 0.125. The molecule has 2 aromatic heterocycles. The number of pyridine rings is 1. The average molecular weight is 393 g/mol. The number of anilines is 1. The third-order valence-corrected chi connectivity index (χ3v) is 5.67. The highest BCUT2D eigenvalue weighted by Gasteiger charge is 2.40. The Bertz CT molecular complexity index is 1260. The Morgan fingerprint density at radius 3 is 2.70 bits per heavy atom. The van der Waals surface area contributed by atoms with Crippen LogP contribution in [-0.2, 0) is 0 Å². The standard InChI is InChI=1S/C24H19N5O/c1-15-9-10-19-18(12-15)21-20(23(30-19)16-6-3-2-4-7-16)22(17-8-5-11-25-13-17)29-24(28-21)26-14-27-29/h2-14,22-23H,1H3,(H,26,27,28)/t22-,23+/m1/s1. The van der Waals surface area contributed by atoms with Crippen LogP contribution in [0, 0.1) is 6.92 Å². The van der Waals surface area contributed by atoms with Crippen molar-refractivity contribution in [3.8, 4) is 5.75 Å². The van der Waals surface area contributed by atoms with Gasteiger partial charge in [-0.05, 0) is 36.2 Å². The van der Waals surface area contributed by atoms with Crippen LogP contribution in [0.25, 0.3) is 5.70 Å². The summed E-state index contributed by atoms with van der Waals surface area (Å²) in [5.41, 5.74) is 6.48. The van der Waals surface area contributed by atoms with Crippen LogP contribution in [-0.4, -0.2) is 19.7 Å². The Kier molecular flexibility index (Phi) is 3.71. The van der Waals surface area contributed by atoms with Crippen molar-refractivity contribution in [3.63, 3.8) is 0 Å². The number of hydrogen-bond donors (Lipinski definition) is 1. The van der Waals surface area contributed by atoms with E-state index >= 15 is 0 Å². The van der Waals surface area contributed by atoms with Crippen molar-refractivity contribution in [1.82, 2.24) is 19.7 Å². The van der Waals surface area contributed by atoms with Gasteiger partial charge >= 0.3 is 0 Å².